The lowest BCUT2D eigenvalue weighted by molar-refractivity contribution is 0.220. The van der Waals surface area contributed by atoms with Crippen molar-refractivity contribution in [3.8, 4) is 0 Å². The van der Waals surface area contributed by atoms with Crippen molar-refractivity contribution < 1.29 is 9.18 Å². The molecule has 0 unspecified atom stereocenters. The molecular weight excluding hydrogens is 217 g/mol. The van der Waals surface area contributed by atoms with Crippen LogP contribution in [-0.2, 0) is 16.0 Å². The molecular formula is C14H16FNO. The predicted molar refractivity (Wildman–Crippen MR) is 64.2 cm³/mol. The summed E-state index contributed by atoms with van der Waals surface area (Å²) in [6.07, 6.45) is 4.48. The van der Waals surface area contributed by atoms with Crippen LogP contribution in [0.3, 0.4) is 0 Å². The molecule has 0 radical (unpaired) electrons. The maximum atomic E-state index is 13.7. The van der Waals surface area contributed by atoms with E-state index in [0.29, 0.717) is 5.56 Å². The average Bonchev–Trinajstić information content (AvgIpc) is 2.22. The van der Waals surface area contributed by atoms with Crippen LogP contribution >= 0.6 is 0 Å². The van der Waals surface area contributed by atoms with E-state index in [1.807, 2.05) is 12.1 Å². The van der Waals surface area contributed by atoms with Crippen LogP contribution in [0.5, 0.6) is 0 Å². The second-order valence-electron chi connectivity index (χ2n) is 5.14. The zero-order valence-corrected chi connectivity index (χ0v) is 10.2. The van der Waals surface area contributed by atoms with Gasteiger partial charge < -0.3 is 0 Å². The van der Waals surface area contributed by atoms with Crippen LogP contribution in [-0.4, -0.2) is 6.08 Å². The molecule has 1 aromatic carbocycles. The number of aliphatic imine (C=N–C) groups is 1. The van der Waals surface area contributed by atoms with Crippen LogP contribution in [0.2, 0.25) is 0 Å². The predicted octanol–water partition coefficient (Wildman–Crippen LogP) is 3.61. The normalized spacial score (nSPS) is 18.1. The Bertz CT molecular complexity index is 448. The van der Waals surface area contributed by atoms with Gasteiger partial charge in [0.1, 0.15) is 5.67 Å². The summed E-state index contributed by atoms with van der Waals surface area (Å²) in [5.74, 6) is 0. The fourth-order valence-corrected chi connectivity index (χ4v) is 2.24. The summed E-state index contributed by atoms with van der Waals surface area (Å²) in [6, 6.07) is 7.29. The average molecular weight is 233 g/mol. The van der Waals surface area contributed by atoms with Crippen LogP contribution in [0, 0.1) is 0 Å². The molecule has 0 spiro atoms. The Kier molecular flexibility index (Phi) is 2.88. The summed E-state index contributed by atoms with van der Waals surface area (Å²) in [6.45, 7) is 3.06. The van der Waals surface area contributed by atoms with E-state index in [-0.39, 0.29) is 5.54 Å². The van der Waals surface area contributed by atoms with Crippen molar-refractivity contribution in [3.63, 3.8) is 0 Å². The van der Waals surface area contributed by atoms with Gasteiger partial charge in [-0.2, -0.15) is 4.99 Å². The topological polar surface area (TPSA) is 29.4 Å². The molecule has 0 heterocycles. The van der Waals surface area contributed by atoms with Gasteiger partial charge >= 0.3 is 0 Å². The van der Waals surface area contributed by atoms with Crippen LogP contribution < -0.4 is 0 Å². The molecule has 3 heteroatoms. The van der Waals surface area contributed by atoms with Gasteiger partial charge in [0.25, 0.3) is 0 Å². The maximum absolute atomic E-state index is 13.7. The second kappa shape index (κ2) is 4.08. The van der Waals surface area contributed by atoms with Crippen molar-refractivity contribution >= 4 is 6.08 Å². The van der Waals surface area contributed by atoms with Crippen LogP contribution in [0.25, 0.3) is 0 Å². The molecule has 2 rings (SSSR count). The molecule has 0 atom stereocenters. The molecule has 0 saturated heterocycles. The number of isocyanates is 1. The van der Waals surface area contributed by atoms with Gasteiger partial charge in [0.05, 0.1) is 5.54 Å². The minimum Gasteiger partial charge on any atom is -0.239 e. The minimum atomic E-state index is -1.33. The summed E-state index contributed by atoms with van der Waals surface area (Å²) < 4.78 is 13.7. The minimum absolute atomic E-state index is 0.388. The fourth-order valence-electron chi connectivity index (χ4n) is 2.24. The van der Waals surface area contributed by atoms with E-state index < -0.39 is 5.67 Å². The maximum Gasteiger partial charge on any atom is 0.235 e. The molecule has 17 heavy (non-hydrogen) atoms. The summed E-state index contributed by atoms with van der Waals surface area (Å²) in [7, 11) is 0. The quantitative estimate of drug-likeness (QED) is 0.579. The Morgan fingerprint density at radius 3 is 2.24 bits per heavy atom. The zero-order valence-electron chi connectivity index (χ0n) is 10.2. The van der Waals surface area contributed by atoms with E-state index in [1.165, 1.54) is 13.8 Å². The number of carbonyl (C=O) groups excluding carboxylic acids is 1. The summed E-state index contributed by atoms with van der Waals surface area (Å²) in [4.78, 5) is 14.4. The third-order valence-electron chi connectivity index (χ3n) is 3.55. The van der Waals surface area contributed by atoms with Crippen molar-refractivity contribution in [1.29, 1.82) is 0 Å². The first-order chi connectivity index (χ1) is 7.98. The van der Waals surface area contributed by atoms with Crippen molar-refractivity contribution in [2.75, 3.05) is 0 Å². The van der Waals surface area contributed by atoms with Gasteiger partial charge in [-0.05, 0) is 44.2 Å². The van der Waals surface area contributed by atoms with Gasteiger partial charge in [-0.25, -0.2) is 9.18 Å². The number of alkyl halides is 1. The van der Waals surface area contributed by atoms with Crippen LogP contribution in [0.15, 0.2) is 29.3 Å². The van der Waals surface area contributed by atoms with Crippen LogP contribution in [0.4, 0.5) is 4.39 Å². The highest BCUT2D eigenvalue weighted by Crippen LogP contribution is 2.45. The first-order valence-corrected chi connectivity index (χ1v) is 5.87. The molecule has 0 bridgehead atoms. The van der Waals surface area contributed by atoms with E-state index in [0.717, 1.165) is 24.8 Å². The summed E-state index contributed by atoms with van der Waals surface area (Å²) >= 11 is 0. The van der Waals surface area contributed by atoms with Gasteiger partial charge in [0.2, 0.25) is 6.08 Å². The van der Waals surface area contributed by atoms with Crippen molar-refractivity contribution in [2.24, 2.45) is 4.99 Å². The van der Waals surface area contributed by atoms with E-state index in [2.05, 4.69) is 4.99 Å². The first-order valence-electron chi connectivity index (χ1n) is 5.87. The Hall–Kier alpha value is -1.47. The van der Waals surface area contributed by atoms with Crippen molar-refractivity contribution in [2.45, 2.75) is 44.3 Å². The highest BCUT2D eigenvalue weighted by Gasteiger charge is 2.38. The molecule has 1 saturated carbocycles. The zero-order chi connectivity index (χ0) is 12.5. The number of hydrogen-bond donors (Lipinski definition) is 0. The van der Waals surface area contributed by atoms with Gasteiger partial charge in [0.15, 0.2) is 0 Å². The summed E-state index contributed by atoms with van der Waals surface area (Å²) in [5, 5.41) is 0. The number of nitrogens with zero attached hydrogens (tertiary/aromatic N) is 1. The Balaban J connectivity index is 2.32. The van der Waals surface area contributed by atoms with E-state index >= 15 is 0 Å². The first kappa shape index (κ1) is 12.0. The molecule has 2 nitrogen and oxygen atoms in total. The lowest BCUT2D eigenvalue weighted by Gasteiger charge is -2.37. The Morgan fingerprint density at radius 2 is 1.88 bits per heavy atom. The van der Waals surface area contributed by atoms with E-state index in [9.17, 15) is 9.18 Å². The van der Waals surface area contributed by atoms with Crippen molar-refractivity contribution in [1.82, 2.24) is 0 Å². The number of halogens is 1. The number of hydrogen-bond acceptors (Lipinski definition) is 2. The molecule has 0 N–H and O–H groups in total. The molecule has 1 aliphatic rings. The second-order valence-corrected chi connectivity index (χ2v) is 5.14. The molecule has 0 aliphatic heterocycles. The lowest BCUT2D eigenvalue weighted by atomic mass is 9.72. The molecule has 1 aliphatic carbocycles. The van der Waals surface area contributed by atoms with Crippen molar-refractivity contribution in [3.05, 3.63) is 35.4 Å². The standard InChI is InChI=1S/C14H16FNO/c1-13(2,15)11-4-6-12(7-5-11)14(16-10-17)8-3-9-14/h4-7H,3,8-9H2,1-2H3. The Labute approximate surface area is 101 Å². The van der Waals surface area contributed by atoms with Gasteiger partial charge in [0, 0.05) is 0 Å². The van der Waals surface area contributed by atoms with E-state index in [1.54, 1.807) is 18.2 Å². The SMILES string of the molecule is CC(C)(F)c1ccc(C2(N=C=O)CCC2)cc1. The molecule has 1 aromatic rings. The third-order valence-corrected chi connectivity index (χ3v) is 3.55. The summed E-state index contributed by atoms with van der Waals surface area (Å²) in [5.41, 5.74) is -0.0918. The molecule has 1 fully saturated rings. The van der Waals surface area contributed by atoms with Gasteiger partial charge in [-0.3, -0.25) is 0 Å². The molecule has 0 aromatic heterocycles. The van der Waals surface area contributed by atoms with E-state index in [4.69, 9.17) is 0 Å². The number of benzene rings is 1. The third kappa shape index (κ3) is 2.16. The highest BCUT2D eigenvalue weighted by atomic mass is 19.1. The largest absolute Gasteiger partial charge is 0.239 e. The molecule has 90 valence electrons. The van der Waals surface area contributed by atoms with Crippen LogP contribution in [0.1, 0.15) is 44.2 Å². The fraction of sp³-hybridized carbons (Fsp3) is 0.500. The molecule has 0 amide bonds. The van der Waals surface area contributed by atoms with Gasteiger partial charge in [-0.15, -0.1) is 0 Å². The smallest absolute Gasteiger partial charge is 0.235 e. The number of rotatable bonds is 3. The highest BCUT2D eigenvalue weighted by molar-refractivity contribution is 5.40. The Morgan fingerprint density at radius 1 is 1.29 bits per heavy atom. The van der Waals surface area contributed by atoms with Gasteiger partial charge in [-0.1, -0.05) is 24.3 Å². The lowest BCUT2D eigenvalue weighted by Crippen LogP contribution is -2.31. The monoisotopic (exact) mass is 233 g/mol.